The number of nitrogens with zero attached hydrogens (tertiary/aromatic N) is 1. The van der Waals surface area contributed by atoms with Crippen LogP contribution in [0.5, 0.6) is 0 Å². The van der Waals surface area contributed by atoms with E-state index >= 15 is 0 Å². The van der Waals surface area contributed by atoms with Crippen LogP contribution in [0.2, 0.25) is 0 Å². The van der Waals surface area contributed by atoms with Crippen LogP contribution in [-0.2, 0) is 4.74 Å². The number of rotatable bonds is 4. The van der Waals surface area contributed by atoms with Gasteiger partial charge in [0.2, 0.25) is 0 Å². The first kappa shape index (κ1) is 17.2. The number of anilines is 1. The molecule has 0 atom stereocenters. The zero-order valence-electron chi connectivity index (χ0n) is 14.5. The van der Waals surface area contributed by atoms with Gasteiger partial charge >= 0.3 is 5.97 Å². The predicted octanol–water partition coefficient (Wildman–Crippen LogP) is 4.39. The number of hydrogen-bond acceptors (Lipinski definition) is 5. The van der Waals surface area contributed by atoms with Crippen molar-refractivity contribution in [2.45, 2.75) is 6.92 Å². The van der Waals surface area contributed by atoms with Gasteiger partial charge in [0.25, 0.3) is 11.8 Å². The van der Waals surface area contributed by atoms with Crippen molar-refractivity contribution in [3.05, 3.63) is 76.7 Å². The summed E-state index contributed by atoms with van der Waals surface area (Å²) >= 11 is 1.18. The van der Waals surface area contributed by atoms with E-state index in [4.69, 9.17) is 4.74 Å². The number of carbonyl (C=O) groups excluding carboxylic acids is 3. The highest BCUT2D eigenvalue weighted by Gasteiger charge is 2.40. The fourth-order valence-electron chi connectivity index (χ4n) is 3.12. The summed E-state index contributed by atoms with van der Waals surface area (Å²) in [6.07, 6.45) is 0. The minimum atomic E-state index is -0.552. The molecule has 0 saturated carbocycles. The molecule has 2 amide bonds. The number of carbonyl (C=O) groups is 3. The van der Waals surface area contributed by atoms with Crippen LogP contribution in [0.25, 0.3) is 11.1 Å². The first-order valence-electron chi connectivity index (χ1n) is 8.45. The first-order chi connectivity index (χ1) is 13.1. The first-order valence-corrected chi connectivity index (χ1v) is 9.33. The van der Waals surface area contributed by atoms with Crippen LogP contribution in [0.1, 0.15) is 38.0 Å². The summed E-state index contributed by atoms with van der Waals surface area (Å²) in [4.78, 5) is 39.5. The quantitative estimate of drug-likeness (QED) is 0.500. The number of imide groups is 1. The summed E-state index contributed by atoms with van der Waals surface area (Å²) in [5.41, 5.74) is 2.38. The van der Waals surface area contributed by atoms with Crippen molar-refractivity contribution >= 4 is 34.1 Å². The Hall–Kier alpha value is -3.25. The Balaban J connectivity index is 1.87. The molecule has 0 unspecified atom stereocenters. The van der Waals surface area contributed by atoms with Gasteiger partial charge in [-0.2, -0.15) is 0 Å². The van der Waals surface area contributed by atoms with Gasteiger partial charge in [0.1, 0.15) is 10.6 Å². The summed E-state index contributed by atoms with van der Waals surface area (Å²) in [6, 6.07) is 16.0. The van der Waals surface area contributed by atoms with Gasteiger partial charge in [-0.3, -0.25) is 9.59 Å². The van der Waals surface area contributed by atoms with E-state index in [-0.39, 0.29) is 12.2 Å². The van der Waals surface area contributed by atoms with Gasteiger partial charge in [-0.15, -0.1) is 11.3 Å². The molecule has 1 aliphatic heterocycles. The van der Waals surface area contributed by atoms with Crippen LogP contribution in [0, 0.1) is 0 Å². The highest BCUT2D eigenvalue weighted by molar-refractivity contribution is 7.15. The molecule has 4 rings (SSSR count). The maximum absolute atomic E-state index is 12.8. The molecule has 0 fully saturated rings. The van der Waals surface area contributed by atoms with E-state index < -0.39 is 17.8 Å². The van der Waals surface area contributed by atoms with Gasteiger partial charge in [0.15, 0.2) is 0 Å². The third-order valence-corrected chi connectivity index (χ3v) is 5.30. The van der Waals surface area contributed by atoms with E-state index in [1.54, 1.807) is 36.6 Å². The van der Waals surface area contributed by atoms with Gasteiger partial charge in [-0.1, -0.05) is 42.5 Å². The molecule has 2 aromatic carbocycles. The molecule has 1 aliphatic rings. The second-order valence-corrected chi connectivity index (χ2v) is 6.77. The Labute approximate surface area is 159 Å². The smallest absolute Gasteiger partial charge is 0.341 e. The molecule has 0 radical (unpaired) electrons. The lowest BCUT2D eigenvalue weighted by Crippen LogP contribution is -2.30. The fourth-order valence-corrected chi connectivity index (χ4v) is 4.18. The molecule has 1 aromatic heterocycles. The Bertz CT molecular complexity index is 1020. The summed E-state index contributed by atoms with van der Waals surface area (Å²) in [7, 11) is 0. The largest absolute Gasteiger partial charge is 0.462 e. The maximum atomic E-state index is 12.8. The highest BCUT2D eigenvalue weighted by atomic mass is 32.1. The number of benzene rings is 2. The van der Waals surface area contributed by atoms with Crippen molar-refractivity contribution in [3.8, 4) is 11.1 Å². The average molecular weight is 377 g/mol. The summed E-state index contributed by atoms with van der Waals surface area (Å²) in [5, 5.41) is 2.07. The van der Waals surface area contributed by atoms with Crippen molar-refractivity contribution in [2.75, 3.05) is 11.5 Å². The van der Waals surface area contributed by atoms with Gasteiger partial charge < -0.3 is 4.74 Å². The molecule has 6 heteroatoms. The number of thiophene rings is 1. The summed E-state index contributed by atoms with van der Waals surface area (Å²) in [6.45, 7) is 1.92. The molecule has 27 heavy (non-hydrogen) atoms. The number of ether oxygens (including phenoxy) is 1. The van der Waals surface area contributed by atoms with Crippen molar-refractivity contribution < 1.29 is 19.1 Å². The van der Waals surface area contributed by atoms with Crippen LogP contribution >= 0.6 is 11.3 Å². The molecule has 0 spiro atoms. The van der Waals surface area contributed by atoms with E-state index in [1.165, 1.54) is 11.3 Å². The predicted molar refractivity (Wildman–Crippen MR) is 103 cm³/mol. The average Bonchev–Trinajstić information content (AvgIpc) is 3.23. The van der Waals surface area contributed by atoms with Crippen LogP contribution < -0.4 is 4.90 Å². The normalized spacial score (nSPS) is 13.0. The molecule has 0 N–H and O–H groups in total. The Morgan fingerprint density at radius 2 is 1.52 bits per heavy atom. The Kier molecular flexibility index (Phi) is 4.33. The lowest BCUT2D eigenvalue weighted by molar-refractivity contribution is 0.0529. The lowest BCUT2D eigenvalue weighted by atomic mass is 10.0. The topological polar surface area (TPSA) is 63.7 Å². The zero-order chi connectivity index (χ0) is 19.0. The van der Waals surface area contributed by atoms with Crippen LogP contribution in [-0.4, -0.2) is 24.4 Å². The molecule has 0 bridgehead atoms. The fraction of sp³-hybridized carbons (Fsp3) is 0.0952. The zero-order valence-corrected chi connectivity index (χ0v) is 15.3. The van der Waals surface area contributed by atoms with Crippen molar-refractivity contribution in [1.82, 2.24) is 0 Å². The third-order valence-electron chi connectivity index (χ3n) is 4.33. The van der Waals surface area contributed by atoms with E-state index in [0.29, 0.717) is 21.7 Å². The van der Waals surface area contributed by atoms with Crippen LogP contribution in [0.4, 0.5) is 5.00 Å². The minimum absolute atomic E-state index is 0.199. The monoisotopic (exact) mass is 377 g/mol. The maximum Gasteiger partial charge on any atom is 0.341 e. The summed E-state index contributed by atoms with van der Waals surface area (Å²) < 4.78 is 5.21. The van der Waals surface area contributed by atoms with Crippen molar-refractivity contribution in [1.29, 1.82) is 0 Å². The number of hydrogen-bond donors (Lipinski definition) is 0. The lowest BCUT2D eigenvalue weighted by Gasteiger charge is -2.14. The molecule has 0 aliphatic carbocycles. The molecule has 3 aromatic rings. The van der Waals surface area contributed by atoms with E-state index in [0.717, 1.165) is 10.5 Å². The minimum Gasteiger partial charge on any atom is -0.462 e. The molecule has 134 valence electrons. The molecule has 2 heterocycles. The van der Waals surface area contributed by atoms with Crippen molar-refractivity contribution in [3.63, 3.8) is 0 Å². The second-order valence-electron chi connectivity index (χ2n) is 5.91. The number of esters is 1. The number of fused-ring (bicyclic) bond motifs is 1. The number of amides is 2. The SMILES string of the molecule is CCOC(=O)c1c(-c2ccccc2)csc1N1C(=O)c2ccccc2C1=O. The standard InChI is InChI=1S/C21H15NO4S/c1-2-26-21(25)17-16(13-8-4-3-5-9-13)12-27-20(17)22-18(23)14-10-6-7-11-15(14)19(22)24/h3-12H,2H2,1H3. The van der Waals surface area contributed by atoms with Gasteiger partial charge in [-0.05, 0) is 24.6 Å². The summed E-state index contributed by atoms with van der Waals surface area (Å²) in [5.74, 6) is -1.41. The van der Waals surface area contributed by atoms with Crippen LogP contribution in [0.15, 0.2) is 60.0 Å². The van der Waals surface area contributed by atoms with Crippen LogP contribution in [0.3, 0.4) is 0 Å². The Morgan fingerprint density at radius 3 is 2.11 bits per heavy atom. The third kappa shape index (κ3) is 2.74. The Morgan fingerprint density at radius 1 is 0.926 bits per heavy atom. The van der Waals surface area contributed by atoms with Gasteiger partial charge in [0, 0.05) is 10.9 Å². The van der Waals surface area contributed by atoms with Gasteiger partial charge in [0.05, 0.1) is 17.7 Å². The highest BCUT2D eigenvalue weighted by Crippen LogP contribution is 2.41. The van der Waals surface area contributed by atoms with E-state index in [1.807, 2.05) is 30.3 Å². The molecule has 5 nitrogen and oxygen atoms in total. The van der Waals surface area contributed by atoms with E-state index in [2.05, 4.69) is 0 Å². The second kappa shape index (κ2) is 6.81. The molecular formula is C21H15NO4S. The van der Waals surface area contributed by atoms with E-state index in [9.17, 15) is 14.4 Å². The van der Waals surface area contributed by atoms with Gasteiger partial charge in [-0.25, -0.2) is 9.69 Å². The molecular weight excluding hydrogens is 362 g/mol. The van der Waals surface area contributed by atoms with Crippen molar-refractivity contribution in [2.24, 2.45) is 0 Å². The molecule has 0 saturated heterocycles.